The number of carboxylic acids is 1. The molecule has 1 saturated carbocycles. The number of carbonyl (C=O) groups excluding carboxylic acids is 1. The first-order valence-electron chi connectivity index (χ1n) is 5.85. The van der Waals surface area contributed by atoms with Gasteiger partial charge in [0.05, 0.1) is 5.54 Å². The smallest absolute Gasteiger partial charge is 0.339 e. The van der Waals surface area contributed by atoms with Crippen molar-refractivity contribution in [3.8, 4) is 5.75 Å². The number of carbonyl (C=O) groups is 1. The summed E-state index contributed by atoms with van der Waals surface area (Å²) in [6.07, 6.45) is 4.17. The Hall–Kier alpha value is -2.20. The van der Waals surface area contributed by atoms with Crippen molar-refractivity contribution in [2.75, 3.05) is 0 Å². The SMILES string of the molecule is O=C=NC1(c2cc(F)c(O)c(C(=O)O)c2)CCCC1. The Kier molecular flexibility index (Phi) is 3.36. The van der Waals surface area contributed by atoms with E-state index in [1.807, 2.05) is 0 Å². The number of benzene rings is 1. The number of rotatable bonds is 3. The van der Waals surface area contributed by atoms with E-state index in [0.29, 0.717) is 18.4 Å². The number of carboxylic acid groups (broad SMARTS) is 1. The van der Waals surface area contributed by atoms with Gasteiger partial charge in [-0.15, -0.1) is 0 Å². The minimum atomic E-state index is -1.43. The summed E-state index contributed by atoms with van der Waals surface area (Å²) < 4.78 is 13.6. The first kappa shape index (κ1) is 13.2. The van der Waals surface area contributed by atoms with E-state index in [0.717, 1.165) is 18.9 Å². The lowest BCUT2D eigenvalue weighted by atomic mass is 9.87. The van der Waals surface area contributed by atoms with Crippen LogP contribution in [0.5, 0.6) is 5.75 Å². The van der Waals surface area contributed by atoms with Crippen molar-refractivity contribution >= 4 is 12.0 Å². The van der Waals surface area contributed by atoms with E-state index >= 15 is 0 Å². The average Bonchev–Trinajstić information content (AvgIpc) is 2.82. The van der Waals surface area contributed by atoms with E-state index in [9.17, 15) is 19.1 Å². The highest BCUT2D eigenvalue weighted by Gasteiger charge is 2.37. The molecule has 1 aliphatic rings. The normalized spacial score (nSPS) is 16.9. The van der Waals surface area contributed by atoms with E-state index < -0.39 is 28.6 Å². The van der Waals surface area contributed by atoms with Gasteiger partial charge in [0, 0.05) is 0 Å². The van der Waals surface area contributed by atoms with E-state index in [-0.39, 0.29) is 0 Å². The zero-order valence-electron chi connectivity index (χ0n) is 10.0. The second-order valence-corrected chi connectivity index (χ2v) is 4.60. The first-order chi connectivity index (χ1) is 9.00. The minimum Gasteiger partial charge on any atom is -0.504 e. The summed E-state index contributed by atoms with van der Waals surface area (Å²) in [6, 6.07) is 2.21. The third-order valence-electron chi connectivity index (χ3n) is 3.52. The van der Waals surface area contributed by atoms with E-state index in [1.54, 1.807) is 0 Å². The largest absolute Gasteiger partial charge is 0.504 e. The Morgan fingerprint density at radius 1 is 1.37 bits per heavy atom. The highest BCUT2D eigenvalue weighted by atomic mass is 19.1. The second-order valence-electron chi connectivity index (χ2n) is 4.60. The predicted molar refractivity (Wildman–Crippen MR) is 63.3 cm³/mol. The highest BCUT2D eigenvalue weighted by molar-refractivity contribution is 5.91. The molecule has 2 rings (SSSR count). The van der Waals surface area contributed by atoms with Crippen molar-refractivity contribution in [2.45, 2.75) is 31.2 Å². The third-order valence-corrected chi connectivity index (χ3v) is 3.52. The van der Waals surface area contributed by atoms with Gasteiger partial charge in [-0.3, -0.25) is 0 Å². The van der Waals surface area contributed by atoms with Crippen LogP contribution in [0.4, 0.5) is 4.39 Å². The summed E-state index contributed by atoms with van der Waals surface area (Å²) in [6.45, 7) is 0. The molecule has 0 aliphatic heterocycles. The second kappa shape index (κ2) is 4.82. The molecule has 0 aromatic heterocycles. The number of aromatic carboxylic acids is 1. The van der Waals surface area contributed by atoms with Gasteiger partial charge >= 0.3 is 5.97 Å². The number of aliphatic imine (C=N–C) groups is 1. The Balaban J connectivity index is 2.61. The van der Waals surface area contributed by atoms with Gasteiger partial charge in [-0.05, 0) is 30.5 Å². The topological polar surface area (TPSA) is 87.0 Å². The van der Waals surface area contributed by atoms with Crippen LogP contribution in [0.15, 0.2) is 17.1 Å². The van der Waals surface area contributed by atoms with Crippen LogP contribution < -0.4 is 0 Å². The van der Waals surface area contributed by atoms with Crippen molar-refractivity contribution in [3.63, 3.8) is 0 Å². The maximum Gasteiger partial charge on any atom is 0.339 e. The summed E-state index contributed by atoms with van der Waals surface area (Å²) in [5, 5.41) is 18.3. The fraction of sp³-hybridized carbons (Fsp3) is 0.385. The van der Waals surface area contributed by atoms with E-state index in [1.165, 1.54) is 12.1 Å². The Morgan fingerprint density at radius 3 is 2.53 bits per heavy atom. The first-order valence-corrected chi connectivity index (χ1v) is 5.85. The number of nitrogens with zero attached hydrogens (tertiary/aromatic N) is 1. The van der Waals surface area contributed by atoms with Gasteiger partial charge in [-0.1, -0.05) is 12.8 Å². The molecule has 1 aliphatic carbocycles. The van der Waals surface area contributed by atoms with Gasteiger partial charge in [-0.25, -0.2) is 14.0 Å². The number of hydrogen-bond acceptors (Lipinski definition) is 4. The van der Waals surface area contributed by atoms with Crippen molar-refractivity contribution in [3.05, 3.63) is 29.1 Å². The Morgan fingerprint density at radius 2 is 2.00 bits per heavy atom. The van der Waals surface area contributed by atoms with Crippen LogP contribution in [-0.2, 0) is 10.3 Å². The molecule has 0 amide bonds. The van der Waals surface area contributed by atoms with Crippen LogP contribution in [0.1, 0.15) is 41.6 Å². The molecule has 1 fully saturated rings. The van der Waals surface area contributed by atoms with Gasteiger partial charge in [0.2, 0.25) is 6.08 Å². The molecular weight excluding hydrogens is 253 g/mol. The molecule has 1 aromatic carbocycles. The number of halogens is 1. The molecule has 0 spiro atoms. The van der Waals surface area contributed by atoms with Crippen molar-refractivity contribution in [1.29, 1.82) is 0 Å². The van der Waals surface area contributed by atoms with E-state index in [4.69, 9.17) is 5.11 Å². The molecule has 1 aromatic rings. The molecule has 0 saturated heterocycles. The monoisotopic (exact) mass is 265 g/mol. The fourth-order valence-electron chi connectivity index (χ4n) is 2.54. The predicted octanol–water partition coefficient (Wildman–Crippen LogP) is 2.33. The number of phenols is 1. The molecule has 0 heterocycles. The molecule has 0 atom stereocenters. The number of aromatic hydroxyl groups is 1. The summed E-state index contributed by atoms with van der Waals surface area (Å²) in [4.78, 5) is 25.3. The fourth-order valence-corrected chi connectivity index (χ4v) is 2.54. The zero-order chi connectivity index (χ0) is 14.0. The molecule has 19 heavy (non-hydrogen) atoms. The van der Waals surface area contributed by atoms with Crippen LogP contribution in [-0.4, -0.2) is 22.3 Å². The van der Waals surface area contributed by atoms with Crippen LogP contribution in [0, 0.1) is 5.82 Å². The summed E-state index contributed by atoms with van der Waals surface area (Å²) >= 11 is 0. The van der Waals surface area contributed by atoms with Gasteiger partial charge in [0.15, 0.2) is 11.6 Å². The summed E-state index contributed by atoms with van der Waals surface area (Å²) in [5.41, 5.74) is -1.15. The van der Waals surface area contributed by atoms with Crippen molar-refractivity contribution in [2.24, 2.45) is 4.99 Å². The maximum absolute atomic E-state index is 13.6. The molecule has 0 bridgehead atoms. The number of hydrogen-bond donors (Lipinski definition) is 2. The quantitative estimate of drug-likeness (QED) is 0.648. The van der Waals surface area contributed by atoms with Crippen LogP contribution in [0.25, 0.3) is 0 Å². The maximum atomic E-state index is 13.6. The minimum absolute atomic E-state index is 0.293. The average molecular weight is 265 g/mol. The van der Waals surface area contributed by atoms with E-state index in [2.05, 4.69) is 4.99 Å². The molecule has 100 valence electrons. The molecule has 2 N–H and O–H groups in total. The Bertz CT molecular complexity index is 572. The van der Waals surface area contributed by atoms with Gasteiger partial charge in [0.1, 0.15) is 5.56 Å². The van der Waals surface area contributed by atoms with Crippen LogP contribution in [0.3, 0.4) is 0 Å². The molecule has 5 nitrogen and oxygen atoms in total. The number of isocyanates is 1. The van der Waals surface area contributed by atoms with Gasteiger partial charge < -0.3 is 10.2 Å². The van der Waals surface area contributed by atoms with Gasteiger partial charge in [0.25, 0.3) is 0 Å². The lowest BCUT2D eigenvalue weighted by Gasteiger charge is -2.23. The molecular formula is C13H12FNO4. The Labute approximate surface area is 108 Å². The van der Waals surface area contributed by atoms with Crippen molar-refractivity contribution in [1.82, 2.24) is 0 Å². The van der Waals surface area contributed by atoms with Crippen LogP contribution >= 0.6 is 0 Å². The van der Waals surface area contributed by atoms with Crippen LogP contribution in [0.2, 0.25) is 0 Å². The lowest BCUT2D eigenvalue weighted by Crippen LogP contribution is -2.20. The molecule has 0 radical (unpaired) electrons. The zero-order valence-corrected chi connectivity index (χ0v) is 10.0. The van der Waals surface area contributed by atoms with Crippen molar-refractivity contribution < 1.29 is 24.2 Å². The molecule has 6 heteroatoms. The standard InChI is InChI=1S/C13H12FNO4/c14-10-6-8(5-9(11(10)17)12(18)19)13(15-7-16)3-1-2-4-13/h5-6,17H,1-4H2,(H,18,19). The third kappa shape index (κ3) is 2.22. The summed E-state index contributed by atoms with van der Waals surface area (Å²) in [5.74, 6) is -3.36. The summed E-state index contributed by atoms with van der Waals surface area (Å²) in [7, 11) is 0. The highest BCUT2D eigenvalue weighted by Crippen LogP contribution is 2.43. The van der Waals surface area contributed by atoms with Gasteiger partial charge in [-0.2, -0.15) is 4.99 Å². The lowest BCUT2D eigenvalue weighted by molar-refractivity contribution is 0.0692. The molecule has 0 unspecified atom stereocenters.